The van der Waals surface area contributed by atoms with Gasteiger partial charge in [0.25, 0.3) is 0 Å². The van der Waals surface area contributed by atoms with Gasteiger partial charge < -0.3 is 10.1 Å². The van der Waals surface area contributed by atoms with E-state index in [0.29, 0.717) is 0 Å². The monoisotopic (exact) mass is 269 g/mol. The minimum absolute atomic E-state index is 0.0225. The Bertz CT molecular complexity index is 355. The summed E-state index contributed by atoms with van der Waals surface area (Å²) in [5, 5.41) is 3.26. The second-order valence-corrected chi connectivity index (χ2v) is 5.11. The lowest BCUT2D eigenvalue weighted by Gasteiger charge is -2.41. The van der Waals surface area contributed by atoms with Gasteiger partial charge in [-0.2, -0.15) is 0 Å². The van der Waals surface area contributed by atoms with Crippen LogP contribution in [-0.4, -0.2) is 25.8 Å². The number of methoxy groups -OCH3 is 1. The summed E-state index contributed by atoms with van der Waals surface area (Å²) >= 11 is 3.56. The Balaban J connectivity index is 2.13. The van der Waals surface area contributed by atoms with Gasteiger partial charge in [-0.15, -0.1) is 0 Å². The molecule has 1 aliphatic heterocycles. The van der Waals surface area contributed by atoms with Gasteiger partial charge in [-0.25, -0.2) is 0 Å². The molecule has 2 rings (SSSR count). The highest BCUT2D eigenvalue weighted by Crippen LogP contribution is 2.24. The third kappa shape index (κ3) is 2.25. The number of benzene rings is 1. The third-order valence-corrected chi connectivity index (χ3v) is 3.94. The molecule has 1 fully saturated rings. The summed E-state index contributed by atoms with van der Waals surface area (Å²) in [6.45, 7) is 4.01. The van der Waals surface area contributed by atoms with Crippen LogP contribution in [0, 0.1) is 6.92 Å². The maximum Gasteiger partial charge on any atom is 0.0966 e. The molecule has 1 saturated heterocycles. The summed E-state index contributed by atoms with van der Waals surface area (Å²) < 4.78 is 6.75. The SMILES string of the molecule is COC1(Cc2ccc(C)c(Br)c2)CNC1. The first kappa shape index (κ1) is 11.1. The number of halogens is 1. The first-order valence-corrected chi connectivity index (χ1v) is 5.95. The Morgan fingerprint density at radius 3 is 2.67 bits per heavy atom. The van der Waals surface area contributed by atoms with E-state index in [1.807, 2.05) is 0 Å². The Morgan fingerprint density at radius 1 is 1.47 bits per heavy atom. The van der Waals surface area contributed by atoms with Crippen LogP contribution in [0.4, 0.5) is 0 Å². The van der Waals surface area contributed by atoms with Crippen molar-refractivity contribution >= 4 is 15.9 Å². The molecule has 1 aliphatic rings. The highest BCUT2D eigenvalue weighted by molar-refractivity contribution is 9.10. The van der Waals surface area contributed by atoms with E-state index in [1.54, 1.807) is 7.11 Å². The van der Waals surface area contributed by atoms with Crippen molar-refractivity contribution in [3.05, 3.63) is 33.8 Å². The number of rotatable bonds is 3. The molecule has 3 heteroatoms. The van der Waals surface area contributed by atoms with Gasteiger partial charge in [0.05, 0.1) is 5.60 Å². The molecular weight excluding hydrogens is 254 g/mol. The fourth-order valence-electron chi connectivity index (χ4n) is 1.86. The van der Waals surface area contributed by atoms with E-state index in [4.69, 9.17) is 4.74 Å². The molecule has 82 valence electrons. The van der Waals surface area contributed by atoms with Crippen molar-refractivity contribution in [3.63, 3.8) is 0 Å². The standard InChI is InChI=1S/C12H16BrNO/c1-9-3-4-10(5-11(9)13)6-12(15-2)7-14-8-12/h3-5,14H,6-8H2,1-2H3. The number of aryl methyl sites for hydroxylation is 1. The van der Waals surface area contributed by atoms with Crippen LogP contribution in [0.3, 0.4) is 0 Å². The molecule has 0 spiro atoms. The van der Waals surface area contributed by atoms with E-state index in [-0.39, 0.29) is 5.60 Å². The Kier molecular flexibility index (Phi) is 3.14. The van der Waals surface area contributed by atoms with Crippen molar-refractivity contribution in [1.82, 2.24) is 5.32 Å². The molecule has 0 amide bonds. The Labute approximate surface area is 99.1 Å². The summed E-state index contributed by atoms with van der Waals surface area (Å²) in [5.74, 6) is 0. The van der Waals surface area contributed by atoms with Gasteiger partial charge in [-0.05, 0) is 24.1 Å². The zero-order valence-corrected chi connectivity index (χ0v) is 10.7. The molecule has 1 heterocycles. The van der Waals surface area contributed by atoms with Crippen molar-refractivity contribution in [2.24, 2.45) is 0 Å². The lowest BCUT2D eigenvalue weighted by molar-refractivity contribution is -0.0502. The van der Waals surface area contributed by atoms with Gasteiger partial charge >= 0.3 is 0 Å². The summed E-state index contributed by atoms with van der Waals surface area (Å²) in [7, 11) is 1.80. The molecule has 0 bridgehead atoms. The van der Waals surface area contributed by atoms with Crippen LogP contribution in [0.1, 0.15) is 11.1 Å². The molecule has 0 radical (unpaired) electrons. The van der Waals surface area contributed by atoms with Crippen LogP contribution >= 0.6 is 15.9 Å². The van der Waals surface area contributed by atoms with Crippen molar-refractivity contribution in [1.29, 1.82) is 0 Å². The number of hydrogen-bond acceptors (Lipinski definition) is 2. The zero-order valence-electron chi connectivity index (χ0n) is 9.14. The van der Waals surface area contributed by atoms with Crippen LogP contribution in [0.25, 0.3) is 0 Å². The van der Waals surface area contributed by atoms with Crippen LogP contribution in [-0.2, 0) is 11.2 Å². The average molecular weight is 270 g/mol. The van der Waals surface area contributed by atoms with Crippen LogP contribution in [0.2, 0.25) is 0 Å². The van der Waals surface area contributed by atoms with E-state index in [2.05, 4.69) is 46.4 Å². The lowest BCUT2D eigenvalue weighted by atomic mass is 9.88. The first-order valence-electron chi connectivity index (χ1n) is 5.16. The predicted octanol–water partition coefficient (Wildman–Crippen LogP) is 2.29. The van der Waals surface area contributed by atoms with Crippen molar-refractivity contribution in [2.75, 3.05) is 20.2 Å². The smallest absolute Gasteiger partial charge is 0.0966 e. The fourth-order valence-corrected chi connectivity index (χ4v) is 2.29. The molecule has 1 N–H and O–H groups in total. The Hall–Kier alpha value is -0.380. The third-order valence-electron chi connectivity index (χ3n) is 3.09. The molecule has 0 aromatic heterocycles. The van der Waals surface area contributed by atoms with E-state index >= 15 is 0 Å². The lowest BCUT2D eigenvalue weighted by Crippen LogP contribution is -2.61. The number of hydrogen-bond donors (Lipinski definition) is 1. The quantitative estimate of drug-likeness (QED) is 0.909. The van der Waals surface area contributed by atoms with E-state index in [0.717, 1.165) is 19.5 Å². The molecular formula is C12H16BrNO. The van der Waals surface area contributed by atoms with Crippen LogP contribution in [0.5, 0.6) is 0 Å². The van der Waals surface area contributed by atoms with E-state index < -0.39 is 0 Å². The topological polar surface area (TPSA) is 21.3 Å². The number of ether oxygens (including phenoxy) is 1. The van der Waals surface area contributed by atoms with Gasteiger partial charge in [0.15, 0.2) is 0 Å². The predicted molar refractivity (Wildman–Crippen MR) is 65.2 cm³/mol. The second-order valence-electron chi connectivity index (χ2n) is 4.25. The zero-order chi connectivity index (χ0) is 10.9. The Morgan fingerprint density at radius 2 is 2.20 bits per heavy atom. The molecule has 1 aromatic rings. The van der Waals surface area contributed by atoms with Gasteiger partial charge in [-0.1, -0.05) is 28.1 Å². The highest BCUT2D eigenvalue weighted by atomic mass is 79.9. The normalized spacial score (nSPS) is 18.6. The second kappa shape index (κ2) is 4.24. The van der Waals surface area contributed by atoms with E-state index in [1.165, 1.54) is 15.6 Å². The maximum atomic E-state index is 5.57. The van der Waals surface area contributed by atoms with E-state index in [9.17, 15) is 0 Å². The summed E-state index contributed by atoms with van der Waals surface area (Å²) in [6, 6.07) is 6.52. The molecule has 2 nitrogen and oxygen atoms in total. The summed E-state index contributed by atoms with van der Waals surface area (Å²) in [5.41, 5.74) is 2.63. The van der Waals surface area contributed by atoms with Crippen molar-refractivity contribution in [2.45, 2.75) is 18.9 Å². The van der Waals surface area contributed by atoms with Crippen molar-refractivity contribution < 1.29 is 4.74 Å². The molecule has 1 aromatic carbocycles. The molecule has 15 heavy (non-hydrogen) atoms. The van der Waals surface area contributed by atoms with Crippen LogP contribution in [0.15, 0.2) is 22.7 Å². The minimum atomic E-state index is 0.0225. The van der Waals surface area contributed by atoms with Gasteiger partial charge in [0.2, 0.25) is 0 Å². The summed E-state index contributed by atoms with van der Waals surface area (Å²) in [4.78, 5) is 0. The highest BCUT2D eigenvalue weighted by Gasteiger charge is 2.36. The van der Waals surface area contributed by atoms with Gasteiger partial charge in [-0.3, -0.25) is 0 Å². The molecule has 0 atom stereocenters. The minimum Gasteiger partial charge on any atom is -0.375 e. The van der Waals surface area contributed by atoms with Gasteiger partial charge in [0, 0.05) is 31.1 Å². The first-order chi connectivity index (χ1) is 7.15. The fraction of sp³-hybridized carbons (Fsp3) is 0.500. The molecule has 0 aliphatic carbocycles. The molecule has 0 saturated carbocycles. The largest absolute Gasteiger partial charge is 0.375 e. The maximum absolute atomic E-state index is 5.57. The average Bonchev–Trinajstić information content (AvgIpc) is 2.17. The number of nitrogens with one attached hydrogen (secondary N) is 1. The molecule has 0 unspecified atom stereocenters. The van der Waals surface area contributed by atoms with Crippen molar-refractivity contribution in [3.8, 4) is 0 Å². The van der Waals surface area contributed by atoms with Gasteiger partial charge in [0.1, 0.15) is 0 Å². The van der Waals surface area contributed by atoms with Crippen LogP contribution < -0.4 is 5.32 Å². The summed E-state index contributed by atoms with van der Waals surface area (Å²) in [6.07, 6.45) is 0.982.